The van der Waals surface area contributed by atoms with Crippen LogP contribution in [0.3, 0.4) is 0 Å². The van der Waals surface area contributed by atoms with Gasteiger partial charge >= 0.3 is 0 Å². The lowest BCUT2D eigenvalue weighted by atomic mass is 10.1. The molecule has 1 fully saturated rings. The molecule has 1 aliphatic heterocycles. The van der Waals surface area contributed by atoms with Crippen molar-refractivity contribution in [2.75, 3.05) is 20.1 Å². The highest BCUT2D eigenvalue weighted by molar-refractivity contribution is 5.78. The van der Waals surface area contributed by atoms with E-state index in [4.69, 9.17) is 0 Å². The second-order valence-electron chi connectivity index (χ2n) is 4.62. The highest BCUT2D eigenvalue weighted by Gasteiger charge is 2.18. The van der Waals surface area contributed by atoms with Gasteiger partial charge in [-0.05, 0) is 26.4 Å². The first kappa shape index (κ1) is 11.5. The van der Waals surface area contributed by atoms with E-state index in [2.05, 4.69) is 17.3 Å². The van der Waals surface area contributed by atoms with Crippen molar-refractivity contribution < 1.29 is 4.79 Å². The van der Waals surface area contributed by atoms with Crippen molar-refractivity contribution in [1.82, 2.24) is 10.2 Å². The molecule has 0 aliphatic carbocycles. The van der Waals surface area contributed by atoms with Crippen LogP contribution in [0.5, 0.6) is 0 Å². The van der Waals surface area contributed by atoms with E-state index in [1.807, 2.05) is 13.8 Å². The van der Waals surface area contributed by atoms with Crippen LogP contribution in [-0.2, 0) is 4.79 Å². The Bertz CT molecular complexity index is 192. The molecular weight excluding hydrogens is 176 g/mol. The highest BCUT2D eigenvalue weighted by Crippen LogP contribution is 2.09. The van der Waals surface area contributed by atoms with E-state index >= 15 is 0 Å². The minimum atomic E-state index is 0.101. The van der Waals surface area contributed by atoms with E-state index < -0.39 is 0 Å². The quantitative estimate of drug-likeness (QED) is 0.724. The second kappa shape index (κ2) is 5.35. The predicted octanol–water partition coefficient (Wildman–Crippen LogP) is 1.24. The minimum Gasteiger partial charge on any atom is -0.352 e. The molecule has 1 saturated heterocycles. The molecule has 0 aromatic heterocycles. The maximum atomic E-state index is 11.5. The summed E-state index contributed by atoms with van der Waals surface area (Å²) in [5.41, 5.74) is 0. The lowest BCUT2D eigenvalue weighted by Gasteiger charge is -2.22. The Morgan fingerprint density at radius 2 is 2.14 bits per heavy atom. The maximum absolute atomic E-state index is 11.5. The van der Waals surface area contributed by atoms with Gasteiger partial charge in [0.2, 0.25) is 5.91 Å². The van der Waals surface area contributed by atoms with Crippen LogP contribution in [0.2, 0.25) is 0 Å². The third-order valence-corrected chi connectivity index (χ3v) is 2.75. The molecule has 3 nitrogen and oxygen atoms in total. The van der Waals surface area contributed by atoms with E-state index in [9.17, 15) is 4.79 Å². The van der Waals surface area contributed by atoms with Crippen molar-refractivity contribution in [3.63, 3.8) is 0 Å². The molecule has 82 valence electrons. The second-order valence-corrected chi connectivity index (χ2v) is 4.62. The first-order chi connectivity index (χ1) is 6.59. The molecule has 0 saturated carbocycles. The van der Waals surface area contributed by atoms with Gasteiger partial charge in [-0.2, -0.15) is 0 Å². The summed E-state index contributed by atoms with van der Waals surface area (Å²) < 4.78 is 0. The fraction of sp³-hybridized carbons (Fsp3) is 0.909. The summed E-state index contributed by atoms with van der Waals surface area (Å²) in [4.78, 5) is 13.8. The number of hydrogen-bond acceptors (Lipinski definition) is 2. The summed E-state index contributed by atoms with van der Waals surface area (Å²) in [6.07, 6.45) is 3.61. The van der Waals surface area contributed by atoms with E-state index in [1.54, 1.807) is 0 Å². The summed E-state index contributed by atoms with van der Waals surface area (Å²) in [5, 5.41) is 3.11. The molecule has 0 spiro atoms. The van der Waals surface area contributed by atoms with Crippen LogP contribution in [0.25, 0.3) is 0 Å². The first-order valence-electron chi connectivity index (χ1n) is 5.58. The number of carbonyl (C=O) groups is 1. The Hall–Kier alpha value is -0.570. The van der Waals surface area contributed by atoms with Gasteiger partial charge < -0.3 is 10.2 Å². The number of likely N-dealkylation sites (tertiary alicyclic amines) is 1. The zero-order chi connectivity index (χ0) is 10.6. The zero-order valence-electron chi connectivity index (χ0n) is 9.55. The lowest BCUT2D eigenvalue weighted by molar-refractivity contribution is -0.124. The Morgan fingerprint density at radius 3 is 2.79 bits per heavy atom. The number of rotatable bonds is 2. The van der Waals surface area contributed by atoms with Crippen molar-refractivity contribution in [3.05, 3.63) is 0 Å². The van der Waals surface area contributed by atoms with E-state index in [0.717, 1.165) is 19.5 Å². The van der Waals surface area contributed by atoms with Gasteiger partial charge in [0, 0.05) is 18.5 Å². The van der Waals surface area contributed by atoms with Crippen molar-refractivity contribution in [1.29, 1.82) is 0 Å². The summed E-state index contributed by atoms with van der Waals surface area (Å²) >= 11 is 0. The van der Waals surface area contributed by atoms with Crippen molar-refractivity contribution in [2.24, 2.45) is 5.92 Å². The Kier molecular flexibility index (Phi) is 4.39. The SMILES string of the molecule is CC(C)C(=O)NC1CCCCN(C)C1. The third kappa shape index (κ3) is 3.66. The fourth-order valence-electron chi connectivity index (χ4n) is 1.82. The van der Waals surface area contributed by atoms with Crippen LogP contribution < -0.4 is 5.32 Å². The number of hydrogen-bond donors (Lipinski definition) is 1. The van der Waals surface area contributed by atoms with Crippen LogP contribution >= 0.6 is 0 Å². The van der Waals surface area contributed by atoms with Gasteiger partial charge in [-0.25, -0.2) is 0 Å². The predicted molar refractivity (Wildman–Crippen MR) is 58.1 cm³/mol. The minimum absolute atomic E-state index is 0.101. The van der Waals surface area contributed by atoms with Gasteiger partial charge in [0.1, 0.15) is 0 Å². The number of nitrogens with one attached hydrogen (secondary N) is 1. The monoisotopic (exact) mass is 198 g/mol. The Labute approximate surface area is 86.9 Å². The molecule has 1 amide bonds. The molecule has 1 aliphatic rings. The van der Waals surface area contributed by atoms with Crippen LogP contribution in [0, 0.1) is 5.92 Å². The van der Waals surface area contributed by atoms with Crippen LogP contribution in [0.4, 0.5) is 0 Å². The van der Waals surface area contributed by atoms with Gasteiger partial charge in [0.25, 0.3) is 0 Å². The van der Waals surface area contributed by atoms with Crippen molar-refractivity contribution in [2.45, 2.75) is 39.2 Å². The summed E-state index contributed by atoms with van der Waals surface area (Å²) in [5.74, 6) is 0.286. The molecule has 1 unspecified atom stereocenters. The topological polar surface area (TPSA) is 32.3 Å². The van der Waals surface area contributed by atoms with E-state index in [0.29, 0.717) is 6.04 Å². The smallest absolute Gasteiger partial charge is 0.222 e. The number of carbonyl (C=O) groups excluding carboxylic acids is 1. The molecule has 1 heterocycles. The van der Waals surface area contributed by atoms with E-state index in [1.165, 1.54) is 12.8 Å². The van der Waals surface area contributed by atoms with Crippen LogP contribution in [0.1, 0.15) is 33.1 Å². The molecule has 1 atom stereocenters. The number of likely N-dealkylation sites (N-methyl/N-ethyl adjacent to an activating group) is 1. The van der Waals surface area contributed by atoms with Crippen LogP contribution in [-0.4, -0.2) is 37.0 Å². The van der Waals surface area contributed by atoms with Crippen LogP contribution in [0.15, 0.2) is 0 Å². The summed E-state index contributed by atoms with van der Waals surface area (Å²) in [6.45, 7) is 6.04. The normalized spacial score (nSPS) is 24.7. The van der Waals surface area contributed by atoms with Crippen molar-refractivity contribution in [3.8, 4) is 0 Å². The molecule has 1 rings (SSSR count). The molecule has 14 heavy (non-hydrogen) atoms. The van der Waals surface area contributed by atoms with Gasteiger partial charge in [0.15, 0.2) is 0 Å². The van der Waals surface area contributed by atoms with Crippen molar-refractivity contribution >= 4 is 5.91 Å². The molecule has 0 aromatic carbocycles. The Balaban J connectivity index is 2.38. The largest absolute Gasteiger partial charge is 0.352 e. The number of amides is 1. The van der Waals surface area contributed by atoms with Gasteiger partial charge in [-0.15, -0.1) is 0 Å². The lowest BCUT2D eigenvalue weighted by Crippen LogP contribution is -2.43. The summed E-state index contributed by atoms with van der Waals surface area (Å²) in [7, 11) is 2.12. The molecule has 3 heteroatoms. The van der Waals surface area contributed by atoms with E-state index in [-0.39, 0.29) is 11.8 Å². The summed E-state index contributed by atoms with van der Waals surface area (Å²) in [6, 6.07) is 0.359. The molecular formula is C11H22N2O. The van der Waals surface area contributed by atoms with Gasteiger partial charge in [-0.1, -0.05) is 20.3 Å². The Morgan fingerprint density at radius 1 is 1.43 bits per heavy atom. The first-order valence-corrected chi connectivity index (χ1v) is 5.58. The molecule has 0 aromatic rings. The molecule has 1 N–H and O–H groups in total. The molecule has 0 radical (unpaired) electrons. The molecule has 0 bridgehead atoms. The van der Waals surface area contributed by atoms with Gasteiger partial charge in [-0.3, -0.25) is 4.79 Å². The number of nitrogens with zero attached hydrogens (tertiary/aromatic N) is 1. The highest BCUT2D eigenvalue weighted by atomic mass is 16.1. The van der Waals surface area contributed by atoms with Gasteiger partial charge in [0.05, 0.1) is 0 Å². The zero-order valence-corrected chi connectivity index (χ0v) is 9.55. The fourth-order valence-corrected chi connectivity index (χ4v) is 1.82. The standard InChI is InChI=1S/C11H22N2O/c1-9(2)11(14)12-10-6-4-5-7-13(3)8-10/h9-10H,4-8H2,1-3H3,(H,12,14). The average Bonchev–Trinajstić information content (AvgIpc) is 2.29. The maximum Gasteiger partial charge on any atom is 0.222 e. The average molecular weight is 198 g/mol. The third-order valence-electron chi connectivity index (χ3n) is 2.75.